The molecular weight excluding hydrogens is 306 g/mol. The average Bonchev–Trinajstić information content (AvgIpc) is 2.40. The number of methoxy groups -OCH3 is 1. The normalized spacial score (nSPS) is 11.3. The van der Waals surface area contributed by atoms with Gasteiger partial charge in [-0.3, -0.25) is 0 Å². The Balaban J connectivity index is 2.81. The summed E-state index contributed by atoms with van der Waals surface area (Å²) in [5.41, 5.74) is 4.73. The Hall–Kier alpha value is -1.93. The van der Waals surface area contributed by atoms with E-state index in [0.717, 1.165) is 11.1 Å². The molecule has 1 aromatic rings. The lowest BCUT2D eigenvalue weighted by molar-refractivity contribution is 0.130. The fourth-order valence-corrected chi connectivity index (χ4v) is 2.21. The van der Waals surface area contributed by atoms with Gasteiger partial charge in [-0.1, -0.05) is 31.6 Å². The summed E-state index contributed by atoms with van der Waals surface area (Å²) < 4.78 is 10.6. The quantitative estimate of drug-likeness (QED) is 0.673. The number of amides is 1. The molecule has 1 rings (SSSR count). The standard InChI is InChI=1S/C18H27NO3Si/c1-18(2,3)19-17(20)22-13-15-9-8-14(12-16(15)21-4)10-11-23(5,6)7/h8-9,12H,13H2,1-7H3,(H,19,20). The van der Waals surface area contributed by atoms with Crippen molar-refractivity contribution >= 4 is 14.2 Å². The molecule has 0 aliphatic carbocycles. The van der Waals surface area contributed by atoms with Crippen LogP contribution >= 0.6 is 0 Å². The van der Waals surface area contributed by atoms with Crippen LogP contribution in [0.4, 0.5) is 4.79 Å². The van der Waals surface area contributed by atoms with Crippen LogP contribution in [0.5, 0.6) is 5.75 Å². The van der Waals surface area contributed by atoms with Gasteiger partial charge < -0.3 is 14.8 Å². The number of alkyl carbamates (subject to hydrolysis) is 1. The summed E-state index contributed by atoms with van der Waals surface area (Å²) >= 11 is 0. The molecule has 0 saturated heterocycles. The summed E-state index contributed by atoms with van der Waals surface area (Å²) in [6, 6.07) is 5.70. The van der Waals surface area contributed by atoms with E-state index in [4.69, 9.17) is 9.47 Å². The first-order valence-electron chi connectivity index (χ1n) is 7.65. The minimum absolute atomic E-state index is 0.160. The number of rotatable bonds is 3. The lowest BCUT2D eigenvalue weighted by Crippen LogP contribution is -2.40. The Morgan fingerprint density at radius 1 is 1.26 bits per heavy atom. The average molecular weight is 334 g/mol. The van der Waals surface area contributed by atoms with Gasteiger partial charge in [-0.2, -0.15) is 0 Å². The number of benzene rings is 1. The molecule has 126 valence electrons. The molecule has 0 unspecified atom stereocenters. The third-order valence-electron chi connectivity index (χ3n) is 2.70. The van der Waals surface area contributed by atoms with E-state index in [1.54, 1.807) is 7.11 Å². The molecule has 0 fully saturated rings. The fourth-order valence-electron chi connectivity index (χ4n) is 1.69. The monoisotopic (exact) mass is 333 g/mol. The smallest absolute Gasteiger partial charge is 0.407 e. The van der Waals surface area contributed by atoms with Crippen molar-refractivity contribution < 1.29 is 14.3 Å². The summed E-state index contributed by atoms with van der Waals surface area (Å²) in [5.74, 6) is 3.87. The zero-order valence-corrected chi connectivity index (χ0v) is 16.2. The van der Waals surface area contributed by atoms with Crippen LogP contribution in [0.2, 0.25) is 19.6 Å². The van der Waals surface area contributed by atoms with Crippen molar-refractivity contribution in [1.29, 1.82) is 0 Å². The van der Waals surface area contributed by atoms with Crippen LogP contribution in [-0.4, -0.2) is 26.8 Å². The molecule has 1 amide bonds. The minimum atomic E-state index is -1.41. The second-order valence-electron chi connectivity index (χ2n) is 7.48. The first-order valence-corrected chi connectivity index (χ1v) is 11.2. The van der Waals surface area contributed by atoms with Gasteiger partial charge >= 0.3 is 6.09 Å². The highest BCUT2D eigenvalue weighted by molar-refractivity contribution is 6.83. The number of carbonyl (C=O) groups is 1. The van der Waals surface area contributed by atoms with E-state index < -0.39 is 14.2 Å². The van der Waals surface area contributed by atoms with Gasteiger partial charge in [0.05, 0.1) is 7.11 Å². The fraction of sp³-hybridized carbons (Fsp3) is 0.500. The molecule has 23 heavy (non-hydrogen) atoms. The first-order chi connectivity index (χ1) is 10.5. The molecule has 0 saturated carbocycles. The van der Waals surface area contributed by atoms with E-state index in [2.05, 4.69) is 36.4 Å². The zero-order chi connectivity index (χ0) is 17.7. The molecule has 1 N–H and O–H groups in total. The number of ether oxygens (including phenoxy) is 2. The maximum atomic E-state index is 11.7. The van der Waals surface area contributed by atoms with E-state index in [1.165, 1.54) is 0 Å². The second kappa shape index (κ2) is 7.56. The van der Waals surface area contributed by atoms with Gasteiger partial charge in [0, 0.05) is 16.7 Å². The maximum absolute atomic E-state index is 11.7. The molecular formula is C18H27NO3Si. The van der Waals surface area contributed by atoms with Crippen LogP contribution in [0.3, 0.4) is 0 Å². The molecule has 0 spiro atoms. The second-order valence-corrected chi connectivity index (χ2v) is 12.2. The summed E-state index contributed by atoms with van der Waals surface area (Å²) in [6.45, 7) is 12.5. The molecule has 0 aliphatic rings. The molecule has 5 heteroatoms. The lowest BCUT2D eigenvalue weighted by Gasteiger charge is -2.20. The number of nitrogens with one attached hydrogen (secondary N) is 1. The topological polar surface area (TPSA) is 47.6 Å². The number of hydrogen-bond donors (Lipinski definition) is 1. The number of carbonyl (C=O) groups excluding carboxylic acids is 1. The summed E-state index contributed by atoms with van der Waals surface area (Å²) in [4.78, 5) is 11.7. The number of hydrogen-bond acceptors (Lipinski definition) is 3. The lowest BCUT2D eigenvalue weighted by atomic mass is 10.1. The third kappa shape index (κ3) is 7.75. The first kappa shape index (κ1) is 19.1. The van der Waals surface area contributed by atoms with Gasteiger partial charge in [0.2, 0.25) is 0 Å². The van der Waals surface area contributed by atoms with Gasteiger partial charge in [-0.15, -0.1) is 5.54 Å². The molecule has 0 aromatic heterocycles. The van der Waals surface area contributed by atoms with E-state index in [0.29, 0.717) is 5.75 Å². The van der Waals surface area contributed by atoms with Crippen LogP contribution in [0.1, 0.15) is 31.9 Å². The molecule has 0 radical (unpaired) electrons. The Kier molecular flexibility index (Phi) is 6.28. The minimum Gasteiger partial charge on any atom is -0.496 e. The molecule has 0 bridgehead atoms. The summed E-state index contributed by atoms with van der Waals surface area (Å²) in [6.07, 6.45) is -0.442. The van der Waals surface area contributed by atoms with Crippen LogP contribution in [-0.2, 0) is 11.3 Å². The Labute approximate surface area is 140 Å². The van der Waals surface area contributed by atoms with Gasteiger partial charge in [-0.25, -0.2) is 4.79 Å². The molecule has 4 nitrogen and oxygen atoms in total. The maximum Gasteiger partial charge on any atom is 0.407 e. The molecule has 0 aliphatic heterocycles. The Bertz CT molecular complexity index is 616. The van der Waals surface area contributed by atoms with Crippen LogP contribution < -0.4 is 10.1 Å². The third-order valence-corrected chi connectivity index (χ3v) is 3.58. The van der Waals surface area contributed by atoms with Crippen molar-refractivity contribution in [3.63, 3.8) is 0 Å². The van der Waals surface area contributed by atoms with Crippen molar-refractivity contribution in [3.05, 3.63) is 29.3 Å². The van der Waals surface area contributed by atoms with Crippen LogP contribution in [0.15, 0.2) is 18.2 Å². The van der Waals surface area contributed by atoms with Crippen molar-refractivity contribution in [2.24, 2.45) is 0 Å². The van der Waals surface area contributed by atoms with Crippen molar-refractivity contribution in [2.45, 2.75) is 52.6 Å². The van der Waals surface area contributed by atoms with Crippen LogP contribution in [0.25, 0.3) is 0 Å². The van der Waals surface area contributed by atoms with Crippen LogP contribution in [0, 0.1) is 11.5 Å². The zero-order valence-electron chi connectivity index (χ0n) is 15.2. The predicted molar refractivity (Wildman–Crippen MR) is 96.3 cm³/mol. The Morgan fingerprint density at radius 3 is 2.43 bits per heavy atom. The van der Waals surface area contributed by atoms with Gasteiger partial charge in [-0.05, 0) is 32.9 Å². The highest BCUT2D eigenvalue weighted by Gasteiger charge is 2.15. The van der Waals surface area contributed by atoms with Gasteiger partial charge in [0.15, 0.2) is 0 Å². The summed E-state index contributed by atoms with van der Waals surface area (Å²) in [7, 11) is 0.187. The highest BCUT2D eigenvalue weighted by Crippen LogP contribution is 2.21. The highest BCUT2D eigenvalue weighted by atomic mass is 28.3. The van der Waals surface area contributed by atoms with E-state index >= 15 is 0 Å². The van der Waals surface area contributed by atoms with Crippen molar-refractivity contribution in [2.75, 3.05) is 7.11 Å². The largest absolute Gasteiger partial charge is 0.496 e. The molecule has 0 atom stereocenters. The molecule has 1 aromatic carbocycles. The van der Waals surface area contributed by atoms with Gasteiger partial charge in [0.25, 0.3) is 0 Å². The van der Waals surface area contributed by atoms with E-state index in [1.807, 2.05) is 39.0 Å². The Morgan fingerprint density at radius 2 is 1.91 bits per heavy atom. The summed E-state index contributed by atoms with van der Waals surface area (Å²) in [5, 5.41) is 2.76. The SMILES string of the molecule is COc1cc(C#C[Si](C)(C)C)ccc1COC(=O)NC(C)(C)C. The van der Waals surface area contributed by atoms with Gasteiger partial charge in [0.1, 0.15) is 20.4 Å². The predicted octanol–water partition coefficient (Wildman–Crippen LogP) is 3.95. The molecule has 0 heterocycles. The van der Waals surface area contributed by atoms with Crippen molar-refractivity contribution in [3.8, 4) is 17.2 Å². The van der Waals surface area contributed by atoms with E-state index in [-0.39, 0.29) is 12.1 Å². The van der Waals surface area contributed by atoms with E-state index in [9.17, 15) is 4.79 Å². The van der Waals surface area contributed by atoms with Crippen molar-refractivity contribution in [1.82, 2.24) is 5.32 Å².